The van der Waals surface area contributed by atoms with Crippen LogP contribution >= 0.6 is 0 Å². The monoisotopic (exact) mass is 240 g/mol. The summed E-state index contributed by atoms with van der Waals surface area (Å²) in [4.78, 5) is 0. The van der Waals surface area contributed by atoms with E-state index in [9.17, 15) is 0 Å². The fourth-order valence-corrected chi connectivity index (χ4v) is 2.41. The van der Waals surface area contributed by atoms with Gasteiger partial charge in [0.25, 0.3) is 0 Å². The maximum Gasteiger partial charge on any atom is 0.0535 e. The molecule has 2 heterocycles. The molecular weight excluding hydrogens is 224 g/mol. The number of aromatic nitrogens is 3. The Morgan fingerprint density at radius 2 is 2.22 bits per heavy atom. The highest BCUT2D eigenvalue weighted by molar-refractivity contribution is 5.83. The van der Waals surface area contributed by atoms with Gasteiger partial charge in [-0.3, -0.25) is 5.10 Å². The predicted molar refractivity (Wildman–Crippen MR) is 72.1 cm³/mol. The van der Waals surface area contributed by atoms with Crippen LogP contribution in [0.4, 0.5) is 0 Å². The van der Waals surface area contributed by atoms with Gasteiger partial charge in [0.05, 0.1) is 6.20 Å². The summed E-state index contributed by atoms with van der Waals surface area (Å²) in [5.41, 5.74) is 9.77. The Labute approximate surface area is 105 Å². The Kier molecular flexibility index (Phi) is 2.64. The number of nitrogens with zero attached hydrogens (tertiary/aromatic N) is 2. The van der Waals surface area contributed by atoms with Crippen molar-refractivity contribution in [2.45, 2.75) is 12.5 Å². The first kappa shape index (κ1) is 11.0. The lowest BCUT2D eigenvalue weighted by Gasteiger charge is -2.08. The van der Waals surface area contributed by atoms with Crippen LogP contribution in [0.25, 0.3) is 10.9 Å². The summed E-state index contributed by atoms with van der Waals surface area (Å²) in [7, 11) is 2.06. The normalized spacial score (nSPS) is 13.0. The van der Waals surface area contributed by atoms with Crippen molar-refractivity contribution in [1.29, 1.82) is 0 Å². The van der Waals surface area contributed by atoms with E-state index >= 15 is 0 Å². The molecule has 3 N–H and O–H groups in total. The molecule has 1 unspecified atom stereocenters. The maximum absolute atomic E-state index is 6.20. The Morgan fingerprint density at radius 1 is 1.39 bits per heavy atom. The number of aryl methyl sites for hydroxylation is 1. The molecule has 0 saturated carbocycles. The number of aromatic amines is 1. The molecule has 0 aliphatic rings. The van der Waals surface area contributed by atoms with Crippen molar-refractivity contribution < 1.29 is 0 Å². The lowest BCUT2D eigenvalue weighted by molar-refractivity contribution is 0.723. The minimum Gasteiger partial charge on any atom is -0.350 e. The molecule has 0 radical (unpaired) electrons. The second-order valence-electron chi connectivity index (χ2n) is 4.62. The molecular formula is C14H16N4. The summed E-state index contributed by atoms with van der Waals surface area (Å²) in [6.45, 7) is 0. The maximum atomic E-state index is 6.20. The molecule has 0 amide bonds. The van der Waals surface area contributed by atoms with E-state index < -0.39 is 0 Å². The second kappa shape index (κ2) is 4.31. The highest BCUT2D eigenvalue weighted by Crippen LogP contribution is 2.24. The average molecular weight is 240 g/mol. The third kappa shape index (κ3) is 1.80. The van der Waals surface area contributed by atoms with E-state index in [4.69, 9.17) is 5.73 Å². The fourth-order valence-electron chi connectivity index (χ4n) is 2.41. The largest absolute Gasteiger partial charge is 0.350 e. The Morgan fingerprint density at radius 3 is 3.00 bits per heavy atom. The molecule has 0 saturated heterocycles. The summed E-state index contributed by atoms with van der Waals surface area (Å²) in [6.07, 6.45) is 6.62. The van der Waals surface area contributed by atoms with E-state index in [2.05, 4.69) is 52.3 Å². The molecule has 0 bridgehead atoms. The first-order valence-corrected chi connectivity index (χ1v) is 6.03. The molecule has 1 aromatic carbocycles. The molecule has 0 aliphatic carbocycles. The minimum atomic E-state index is -0.0189. The minimum absolute atomic E-state index is 0.0189. The summed E-state index contributed by atoms with van der Waals surface area (Å²) < 4.78 is 2.15. The number of rotatable bonds is 3. The number of hydrogen-bond acceptors (Lipinski definition) is 2. The standard InChI is InChI=1S/C14H16N4/c1-18-9-10(12-4-2-3-5-14(12)18)6-13(15)11-7-16-17-8-11/h2-5,7-9,13H,6,15H2,1H3,(H,16,17). The van der Waals surface area contributed by atoms with Crippen LogP contribution in [-0.4, -0.2) is 14.8 Å². The van der Waals surface area contributed by atoms with E-state index in [0.717, 1.165) is 12.0 Å². The highest BCUT2D eigenvalue weighted by atomic mass is 15.1. The number of fused-ring (bicyclic) bond motifs is 1. The first-order chi connectivity index (χ1) is 8.75. The third-order valence-corrected chi connectivity index (χ3v) is 3.37. The Hall–Kier alpha value is -2.07. The van der Waals surface area contributed by atoms with Gasteiger partial charge < -0.3 is 10.3 Å². The molecule has 0 spiro atoms. The van der Waals surface area contributed by atoms with Gasteiger partial charge in [-0.05, 0) is 18.1 Å². The van der Waals surface area contributed by atoms with Gasteiger partial charge in [-0.2, -0.15) is 5.10 Å². The van der Waals surface area contributed by atoms with Crippen LogP contribution in [0.3, 0.4) is 0 Å². The van der Waals surface area contributed by atoms with Gasteiger partial charge >= 0.3 is 0 Å². The Bertz CT molecular complexity index is 652. The summed E-state index contributed by atoms with van der Waals surface area (Å²) in [6, 6.07) is 8.38. The van der Waals surface area contributed by atoms with E-state index in [-0.39, 0.29) is 6.04 Å². The van der Waals surface area contributed by atoms with Crippen molar-refractivity contribution in [2.75, 3.05) is 0 Å². The van der Waals surface area contributed by atoms with Crippen LogP contribution < -0.4 is 5.73 Å². The van der Waals surface area contributed by atoms with Gasteiger partial charge in [-0.15, -0.1) is 0 Å². The zero-order valence-corrected chi connectivity index (χ0v) is 10.3. The predicted octanol–water partition coefficient (Wildman–Crippen LogP) is 2.14. The van der Waals surface area contributed by atoms with Crippen LogP contribution in [0, 0.1) is 0 Å². The quantitative estimate of drug-likeness (QED) is 0.737. The third-order valence-electron chi connectivity index (χ3n) is 3.37. The van der Waals surface area contributed by atoms with Crippen molar-refractivity contribution in [1.82, 2.24) is 14.8 Å². The molecule has 4 heteroatoms. The van der Waals surface area contributed by atoms with Crippen LogP contribution in [0.15, 0.2) is 42.9 Å². The lowest BCUT2D eigenvalue weighted by atomic mass is 10.0. The number of para-hydroxylation sites is 1. The summed E-state index contributed by atoms with van der Waals surface area (Å²) >= 11 is 0. The average Bonchev–Trinajstić information content (AvgIpc) is 3.00. The van der Waals surface area contributed by atoms with Crippen LogP contribution in [-0.2, 0) is 13.5 Å². The zero-order chi connectivity index (χ0) is 12.5. The second-order valence-corrected chi connectivity index (χ2v) is 4.62. The number of nitrogens with two attached hydrogens (primary N) is 1. The molecule has 0 fully saturated rings. The molecule has 4 nitrogen and oxygen atoms in total. The Balaban J connectivity index is 1.96. The topological polar surface area (TPSA) is 59.6 Å². The van der Waals surface area contributed by atoms with Crippen molar-refractivity contribution in [2.24, 2.45) is 12.8 Å². The number of benzene rings is 1. The number of hydrogen-bond donors (Lipinski definition) is 2. The van der Waals surface area contributed by atoms with Crippen molar-refractivity contribution in [3.8, 4) is 0 Å². The fraction of sp³-hybridized carbons (Fsp3) is 0.214. The number of H-pyrrole nitrogens is 1. The summed E-state index contributed by atoms with van der Waals surface area (Å²) in [5.74, 6) is 0. The molecule has 3 aromatic rings. The molecule has 18 heavy (non-hydrogen) atoms. The van der Waals surface area contributed by atoms with Gasteiger partial charge in [0.1, 0.15) is 0 Å². The molecule has 1 atom stereocenters. The van der Waals surface area contributed by atoms with Crippen LogP contribution in [0.2, 0.25) is 0 Å². The summed E-state index contributed by atoms with van der Waals surface area (Å²) in [5, 5.41) is 8.02. The van der Waals surface area contributed by atoms with Crippen molar-refractivity contribution >= 4 is 10.9 Å². The number of nitrogens with one attached hydrogen (secondary N) is 1. The van der Waals surface area contributed by atoms with Gasteiger partial charge in [0.2, 0.25) is 0 Å². The van der Waals surface area contributed by atoms with E-state index in [1.807, 2.05) is 6.20 Å². The van der Waals surface area contributed by atoms with Crippen molar-refractivity contribution in [3.63, 3.8) is 0 Å². The molecule has 3 rings (SSSR count). The van der Waals surface area contributed by atoms with Gasteiger partial charge in [-0.25, -0.2) is 0 Å². The SMILES string of the molecule is Cn1cc(CC(N)c2cn[nH]c2)c2ccccc21. The van der Waals surface area contributed by atoms with E-state index in [1.54, 1.807) is 6.20 Å². The van der Waals surface area contributed by atoms with Gasteiger partial charge in [-0.1, -0.05) is 18.2 Å². The van der Waals surface area contributed by atoms with E-state index in [0.29, 0.717) is 0 Å². The van der Waals surface area contributed by atoms with Gasteiger partial charge in [0.15, 0.2) is 0 Å². The van der Waals surface area contributed by atoms with Crippen LogP contribution in [0.1, 0.15) is 17.2 Å². The van der Waals surface area contributed by atoms with Gasteiger partial charge in [0, 0.05) is 41.9 Å². The van der Waals surface area contributed by atoms with E-state index in [1.165, 1.54) is 16.5 Å². The van der Waals surface area contributed by atoms with Crippen LogP contribution in [0.5, 0.6) is 0 Å². The highest BCUT2D eigenvalue weighted by Gasteiger charge is 2.12. The first-order valence-electron chi connectivity index (χ1n) is 6.03. The molecule has 2 aromatic heterocycles. The molecule has 92 valence electrons. The zero-order valence-electron chi connectivity index (χ0n) is 10.3. The smallest absolute Gasteiger partial charge is 0.0535 e. The molecule has 0 aliphatic heterocycles. The van der Waals surface area contributed by atoms with Crippen molar-refractivity contribution in [3.05, 3.63) is 54.0 Å². The lowest BCUT2D eigenvalue weighted by Crippen LogP contribution is -2.12.